The van der Waals surface area contributed by atoms with Crippen molar-refractivity contribution in [3.8, 4) is 0 Å². The van der Waals surface area contributed by atoms with Crippen LogP contribution in [0.3, 0.4) is 0 Å². The first kappa shape index (κ1) is 15.3. The average Bonchev–Trinajstić information content (AvgIpc) is 2.99. The minimum atomic E-state index is -0.0631. The van der Waals surface area contributed by atoms with Crippen LogP contribution in [0.4, 0.5) is 0 Å². The molecule has 0 unspecified atom stereocenters. The van der Waals surface area contributed by atoms with Crippen molar-refractivity contribution >= 4 is 23.4 Å². The number of nitrogens with zero attached hydrogens (tertiary/aromatic N) is 3. The van der Waals surface area contributed by atoms with Gasteiger partial charge in [-0.05, 0) is 24.7 Å². The maximum atomic E-state index is 12.7. The zero-order valence-corrected chi connectivity index (χ0v) is 13.7. The molecule has 3 rings (SSSR count). The van der Waals surface area contributed by atoms with E-state index in [1.807, 2.05) is 11.8 Å². The van der Waals surface area contributed by atoms with Crippen LogP contribution in [0.5, 0.6) is 0 Å². The fourth-order valence-corrected chi connectivity index (χ4v) is 3.83. The lowest BCUT2D eigenvalue weighted by Gasteiger charge is -2.38. The summed E-state index contributed by atoms with van der Waals surface area (Å²) in [5.74, 6) is 0.0638. The van der Waals surface area contributed by atoms with E-state index < -0.39 is 0 Å². The SMILES string of the molecule is CCc1nn(C)c(C(=O)N2CCC3(CC2)CNC(=O)C3)c1Cl. The summed E-state index contributed by atoms with van der Waals surface area (Å²) in [5.41, 5.74) is 1.26. The van der Waals surface area contributed by atoms with Gasteiger partial charge in [0, 0.05) is 33.1 Å². The second-order valence-electron chi connectivity index (χ2n) is 6.33. The van der Waals surface area contributed by atoms with Gasteiger partial charge in [-0.3, -0.25) is 14.3 Å². The highest BCUT2D eigenvalue weighted by Crippen LogP contribution is 2.38. The van der Waals surface area contributed by atoms with Crippen LogP contribution in [-0.2, 0) is 18.3 Å². The molecule has 22 heavy (non-hydrogen) atoms. The molecular weight excluding hydrogens is 304 g/mol. The lowest BCUT2D eigenvalue weighted by molar-refractivity contribution is -0.119. The van der Waals surface area contributed by atoms with Crippen LogP contribution in [-0.4, -0.2) is 46.1 Å². The van der Waals surface area contributed by atoms with E-state index in [4.69, 9.17) is 11.6 Å². The van der Waals surface area contributed by atoms with Gasteiger partial charge in [0.2, 0.25) is 5.91 Å². The highest BCUT2D eigenvalue weighted by atomic mass is 35.5. The molecule has 0 bridgehead atoms. The molecule has 0 aliphatic carbocycles. The molecule has 0 atom stereocenters. The van der Waals surface area contributed by atoms with Crippen molar-refractivity contribution in [3.05, 3.63) is 16.4 Å². The normalized spacial score (nSPS) is 20.5. The van der Waals surface area contributed by atoms with Gasteiger partial charge in [-0.25, -0.2) is 0 Å². The van der Waals surface area contributed by atoms with Gasteiger partial charge in [-0.1, -0.05) is 18.5 Å². The van der Waals surface area contributed by atoms with Crippen molar-refractivity contribution < 1.29 is 9.59 Å². The quantitative estimate of drug-likeness (QED) is 0.893. The van der Waals surface area contributed by atoms with Crippen molar-refractivity contribution in [1.29, 1.82) is 0 Å². The lowest BCUT2D eigenvalue weighted by atomic mass is 9.77. The standard InChI is InChI=1S/C15H21ClN4O2/c1-3-10-12(16)13(19(2)18-10)14(22)20-6-4-15(5-7-20)8-11(21)17-9-15/h3-9H2,1-2H3,(H,17,21). The monoisotopic (exact) mass is 324 g/mol. The van der Waals surface area contributed by atoms with Gasteiger partial charge in [0.1, 0.15) is 5.69 Å². The molecule has 2 aliphatic heterocycles. The zero-order valence-electron chi connectivity index (χ0n) is 13.0. The van der Waals surface area contributed by atoms with Crippen molar-refractivity contribution in [3.63, 3.8) is 0 Å². The Bertz CT molecular complexity index is 617. The number of piperidine rings is 1. The van der Waals surface area contributed by atoms with Gasteiger partial charge in [0.05, 0.1) is 10.7 Å². The van der Waals surface area contributed by atoms with Gasteiger partial charge >= 0.3 is 0 Å². The highest BCUT2D eigenvalue weighted by Gasteiger charge is 2.42. The topological polar surface area (TPSA) is 67.2 Å². The van der Waals surface area contributed by atoms with Crippen LogP contribution < -0.4 is 5.32 Å². The molecule has 3 heterocycles. The minimum Gasteiger partial charge on any atom is -0.356 e. The number of amides is 2. The third-order valence-electron chi connectivity index (χ3n) is 4.90. The lowest BCUT2D eigenvalue weighted by Crippen LogP contribution is -2.44. The average molecular weight is 325 g/mol. The first-order valence-corrected chi connectivity index (χ1v) is 8.11. The predicted molar refractivity (Wildman–Crippen MR) is 82.8 cm³/mol. The summed E-state index contributed by atoms with van der Waals surface area (Å²) in [7, 11) is 1.75. The van der Waals surface area contributed by atoms with Crippen molar-refractivity contribution in [1.82, 2.24) is 20.0 Å². The smallest absolute Gasteiger partial charge is 0.273 e. The second-order valence-corrected chi connectivity index (χ2v) is 6.71. The molecule has 2 saturated heterocycles. The van der Waals surface area contributed by atoms with Crippen LogP contribution >= 0.6 is 11.6 Å². The molecule has 0 aromatic carbocycles. The molecule has 2 fully saturated rings. The van der Waals surface area contributed by atoms with Gasteiger partial charge in [0.25, 0.3) is 5.91 Å². The van der Waals surface area contributed by atoms with Gasteiger partial charge < -0.3 is 10.2 Å². The number of nitrogens with one attached hydrogen (secondary N) is 1. The molecule has 7 heteroatoms. The highest BCUT2D eigenvalue weighted by molar-refractivity contribution is 6.34. The van der Waals surface area contributed by atoms with E-state index in [0.717, 1.165) is 25.1 Å². The van der Waals surface area contributed by atoms with Crippen LogP contribution in [0.1, 0.15) is 42.4 Å². The molecule has 0 radical (unpaired) electrons. The summed E-state index contributed by atoms with van der Waals surface area (Å²) < 4.78 is 1.58. The predicted octanol–water partition coefficient (Wildman–Crippen LogP) is 1.38. The Labute approximate surface area is 134 Å². The summed E-state index contributed by atoms with van der Waals surface area (Å²) in [6.45, 7) is 4.03. The maximum absolute atomic E-state index is 12.7. The number of hydrogen-bond donors (Lipinski definition) is 1. The number of hydrogen-bond acceptors (Lipinski definition) is 3. The third-order valence-corrected chi connectivity index (χ3v) is 5.30. The Morgan fingerprint density at radius 3 is 2.59 bits per heavy atom. The molecule has 120 valence electrons. The van der Waals surface area contributed by atoms with Crippen molar-refractivity contribution in [2.75, 3.05) is 19.6 Å². The van der Waals surface area contributed by atoms with Crippen LogP contribution in [0, 0.1) is 5.41 Å². The Balaban J connectivity index is 1.73. The Morgan fingerprint density at radius 1 is 1.41 bits per heavy atom. The van der Waals surface area contributed by atoms with E-state index in [2.05, 4.69) is 10.4 Å². The van der Waals surface area contributed by atoms with E-state index in [-0.39, 0.29) is 17.2 Å². The molecule has 0 saturated carbocycles. The Morgan fingerprint density at radius 2 is 2.09 bits per heavy atom. The number of carbonyl (C=O) groups is 2. The Kier molecular flexibility index (Phi) is 3.89. The number of aryl methyl sites for hydroxylation is 2. The molecule has 1 N–H and O–H groups in total. The molecule has 1 spiro atoms. The van der Waals surface area contributed by atoms with E-state index in [1.165, 1.54) is 0 Å². The van der Waals surface area contributed by atoms with Gasteiger partial charge in [-0.2, -0.15) is 5.10 Å². The van der Waals surface area contributed by atoms with Crippen LogP contribution in [0.15, 0.2) is 0 Å². The molecule has 1 aromatic heterocycles. The largest absolute Gasteiger partial charge is 0.356 e. The number of likely N-dealkylation sites (tertiary alicyclic amines) is 1. The van der Waals surface area contributed by atoms with Crippen molar-refractivity contribution in [2.45, 2.75) is 32.6 Å². The second kappa shape index (κ2) is 5.57. The summed E-state index contributed by atoms with van der Waals surface area (Å²) in [4.78, 5) is 26.0. The number of aromatic nitrogens is 2. The van der Waals surface area contributed by atoms with Crippen molar-refractivity contribution in [2.24, 2.45) is 12.5 Å². The third kappa shape index (κ3) is 2.49. The zero-order chi connectivity index (χ0) is 15.9. The van der Waals surface area contributed by atoms with E-state index in [0.29, 0.717) is 36.6 Å². The van der Waals surface area contributed by atoms with E-state index >= 15 is 0 Å². The first-order valence-electron chi connectivity index (χ1n) is 7.73. The first-order chi connectivity index (χ1) is 10.5. The summed E-state index contributed by atoms with van der Waals surface area (Å²) >= 11 is 6.30. The summed E-state index contributed by atoms with van der Waals surface area (Å²) in [6.07, 6.45) is 3.00. The fourth-order valence-electron chi connectivity index (χ4n) is 3.45. The number of carbonyl (C=O) groups excluding carboxylic acids is 2. The minimum absolute atomic E-state index is 0.0404. The molecule has 6 nitrogen and oxygen atoms in total. The van der Waals surface area contributed by atoms with E-state index in [9.17, 15) is 9.59 Å². The van der Waals surface area contributed by atoms with Gasteiger partial charge in [0.15, 0.2) is 0 Å². The van der Waals surface area contributed by atoms with E-state index in [1.54, 1.807) is 11.7 Å². The summed E-state index contributed by atoms with van der Waals surface area (Å²) in [6, 6.07) is 0. The fraction of sp³-hybridized carbons (Fsp3) is 0.667. The van der Waals surface area contributed by atoms with Crippen LogP contribution in [0.25, 0.3) is 0 Å². The molecular formula is C15H21ClN4O2. The van der Waals surface area contributed by atoms with Gasteiger partial charge in [-0.15, -0.1) is 0 Å². The number of halogens is 1. The molecule has 1 aromatic rings. The number of rotatable bonds is 2. The molecule has 2 amide bonds. The summed E-state index contributed by atoms with van der Waals surface area (Å²) in [5, 5.41) is 7.68. The molecule has 2 aliphatic rings. The van der Waals surface area contributed by atoms with Crippen LogP contribution in [0.2, 0.25) is 5.02 Å². The Hall–Kier alpha value is -1.56. The maximum Gasteiger partial charge on any atom is 0.273 e.